The van der Waals surface area contributed by atoms with Crippen LogP contribution in [0, 0.1) is 0 Å². The second-order valence-electron chi connectivity index (χ2n) is 8.97. The molecule has 1 amide bonds. The third-order valence-corrected chi connectivity index (χ3v) is 6.44. The molecule has 0 bridgehead atoms. The molecule has 0 aliphatic carbocycles. The molecule has 2 aliphatic heterocycles. The van der Waals surface area contributed by atoms with Crippen LogP contribution in [0.25, 0.3) is 5.65 Å². The molecule has 8 heteroatoms. The van der Waals surface area contributed by atoms with E-state index in [0.717, 1.165) is 34.9 Å². The van der Waals surface area contributed by atoms with E-state index in [0.29, 0.717) is 11.6 Å². The van der Waals surface area contributed by atoms with Crippen molar-refractivity contribution in [3.63, 3.8) is 0 Å². The van der Waals surface area contributed by atoms with Gasteiger partial charge in [0.2, 0.25) is 17.5 Å². The highest BCUT2D eigenvalue weighted by Crippen LogP contribution is 2.40. The molecule has 160 valence electrons. The van der Waals surface area contributed by atoms with Crippen LogP contribution in [0.2, 0.25) is 0 Å². The van der Waals surface area contributed by atoms with Crippen molar-refractivity contribution >= 4 is 40.4 Å². The molecule has 32 heavy (non-hydrogen) atoms. The summed E-state index contributed by atoms with van der Waals surface area (Å²) in [5.41, 5.74) is 5.25. The third kappa shape index (κ3) is 2.69. The number of hydrogen-bond donors (Lipinski definition) is 2. The highest BCUT2D eigenvalue weighted by molar-refractivity contribution is 6.06. The van der Waals surface area contributed by atoms with Crippen LogP contribution in [0.4, 0.5) is 28.8 Å². The Labute approximate surface area is 185 Å². The van der Waals surface area contributed by atoms with E-state index in [-0.39, 0.29) is 11.9 Å². The van der Waals surface area contributed by atoms with Crippen molar-refractivity contribution in [2.45, 2.75) is 38.6 Å². The summed E-state index contributed by atoms with van der Waals surface area (Å²) in [4.78, 5) is 23.9. The Kier molecular flexibility index (Phi) is 3.83. The summed E-state index contributed by atoms with van der Waals surface area (Å²) in [6, 6.07) is 14.5. The van der Waals surface area contributed by atoms with Gasteiger partial charge in [0.15, 0.2) is 5.82 Å². The summed E-state index contributed by atoms with van der Waals surface area (Å²) in [7, 11) is 0. The number of para-hydroxylation sites is 1. The van der Waals surface area contributed by atoms with Crippen molar-refractivity contribution in [2.24, 2.45) is 0 Å². The minimum absolute atomic E-state index is 0.00577. The van der Waals surface area contributed by atoms with Gasteiger partial charge < -0.3 is 15.5 Å². The number of hydrogen-bond acceptors (Lipinski definition) is 6. The van der Waals surface area contributed by atoms with Gasteiger partial charge in [0.1, 0.15) is 0 Å². The number of aromatic nitrogens is 4. The van der Waals surface area contributed by atoms with Gasteiger partial charge in [0, 0.05) is 35.5 Å². The molecule has 0 fully saturated rings. The number of carbonyl (C=O) groups excluding carboxylic acids is 1. The van der Waals surface area contributed by atoms with Crippen molar-refractivity contribution in [3.05, 3.63) is 66.0 Å². The first-order chi connectivity index (χ1) is 15.4. The van der Waals surface area contributed by atoms with Gasteiger partial charge >= 0.3 is 0 Å². The van der Waals surface area contributed by atoms with Gasteiger partial charge in [-0.25, -0.2) is 9.50 Å². The monoisotopic (exact) mass is 425 g/mol. The summed E-state index contributed by atoms with van der Waals surface area (Å²) < 4.78 is 1.75. The molecule has 1 atom stereocenters. The number of benzene rings is 2. The van der Waals surface area contributed by atoms with Crippen molar-refractivity contribution < 1.29 is 4.79 Å². The first-order valence-electron chi connectivity index (χ1n) is 10.7. The quantitative estimate of drug-likeness (QED) is 0.512. The van der Waals surface area contributed by atoms with E-state index in [4.69, 9.17) is 4.98 Å². The Morgan fingerprint density at radius 1 is 1.19 bits per heavy atom. The summed E-state index contributed by atoms with van der Waals surface area (Å²) in [5.74, 6) is 1.27. The molecule has 0 saturated carbocycles. The smallest absolute Gasteiger partial charge is 0.247 e. The molecular formula is C24H23N7O. The standard InChI is InChI=1S/C24H23N7O/c1-14-12-15-6-4-5-7-19(15)31(14)20-21-28-23(29-30(21)11-10-25-20)26-16-8-9-17-18(13-16)27-22(32)24(17,2)3/h4-11,13-14H,12H2,1-3H3,(H,26,29)(H,27,32). The fourth-order valence-electron chi connectivity index (χ4n) is 4.72. The van der Waals surface area contributed by atoms with Gasteiger partial charge in [-0.2, -0.15) is 4.98 Å². The number of fused-ring (bicyclic) bond motifs is 3. The molecule has 2 aromatic heterocycles. The number of anilines is 5. The maximum absolute atomic E-state index is 12.2. The lowest BCUT2D eigenvalue weighted by Gasteiger charge is -2.23. The van der Waals surface area contributed by atoms with Crippen LogP contribution in [0.15, 0.2) is 54.9 Å². The van der Waals surface area contributed by atoms with E-state index in [9.17, 15) is 4.79 Å². The van der Waals surface area contributed by atoms with E-state index >= 15 is 0 Å². The number of amides is 1. The maximum Gasteiger partial charge on any atom is 0.247 e. The van der Waals surface area contributed by atoms with Crippen LogP contribution in [0.5, 0.6) is 0 Å². The molecule has 4 aromatic rings. The van der Waals surface area contributed by atoms with Crippen molar-refractivity contribution in [3.8, 4) is 0 Å². The Balaban J connectivity index is 1.36. The SMILES string of the molecule is CC1Cc2ccccc2N1c1nccn2nc(Nc3ccc4c(c3)NC(=O)C4(C)C)nc12. The van der Waals surface area contributed by atoms with Crippen LogP contribution in [0.1, 0.15) is 31.9 Å². The second-order valence-corrected chi connectivity index (χ2v) is 8.97. The van der Waals surface area contributed by atoms with Gasteiger partial charge in [-0.15, -0.1) is 5.10 Å². The van der Waals surface area contributed by atoms with Crippen molar-refractivity contribution in [1.29, 1.82) is 0 Å². The van der Waals surface area contributed by atoms with Crippen LogP contribution >= 0.6 is 0 Å². The zero-order chi connectivity index (χ0) is 22.0. The predicted octanol–water partition coefficient (Wildman–Crippen LogP) is 4.18. The van der Waals surface area contributed by atoms with Crippen molar-refractivity contribution in [2.75, 3.05) is 15.5 Å². The lowest BCUT2D eigenvalue weighted by Crippen LogP contribution is -2.26. The summed E-state index contributed by atoms with van der Waals surface area (Å²) in [6.45, 7) is 6.05. The molecule has 2 N–H and O–H groups in total. The molecule has 4 heterocycles. The minimum atomic E-state index is -0.529. The first-order valence-corrected chi connectivity index (χ1v) is 10.7. The molecular weight excluding hydrogens is 402 g/mol. The number of nitrogens with one attached hydrogen (secondary N) is 2. The third-order valence-electron chi connectivity index (χ3n) is 6.44. The normalized spacial score (nSPS) is 18.5. The zero-order valence-corrected chi connectivity index (χ0v) is 18.1. The highest BCUT2D eigenvalue weighted by Gasteiger charge is 2.38. The van der Waals surface area contributed by atoms with Crippen molar-refractivity contribution in [1.82, 2.24) is 19.6 Å². The lowest BCUT2D eigenvalue weighted by molar-refractivity contribution is -0.119. The fourth-order valence-corrected chi connectivity index (χ4v) is 4.72. The highest BCUT2D eigenvalue weighted by atomic mass is 16.2. The van der Waals surface area contributed by atoms with E-state index in [1.165, 1.54) is 5.56 Å². The van der Waals surface area contributed by atoms with E-state index in [1.807, 2.05) is 32.0 Å². The number of rotatable bonds is 3. The molecule has 0 spiro atoms. The summed E-state index contributed by atoms with van der Waals surface area (Å²) in [5, 5.41) is 10.8. The Hall–Kier alpha value is -3.94. The zero-order valence-electron chi connectivity index (χ0n) is 18.1. The Bertz CT molecular complexity index is 1390. The van der Waals surface area contributed by atoms with Gasteiger partial charge in [-0.3, -0.25) is 4.79 Å². The van der Waals surface area contributed by atoms with Crippen LogP contribution in [0.3, 0.4) is 0 Å². The molecule has 1 unspecified atom stereocenters. The Morgan fingerprint density at radius 2 is 2.03 bits per heavy atom. The Morgan fingerprint density at radius 3 is 2.91 bits per heavy atom. The average molecular weight is 425 g/mol. The molecule has 8 nitrogen and oxygen atoms in total. The summed E-state index contributed by atoms with van der Waals surface area (Å²) >= 11 is 0. The number of carbonyl (C=O) groups is 1. The van der Waals surface area contributed by atoms with E-state index in [1.54, 1.807) is 16.9 Å². The van der Waals surface area contributed by atoms with E-state index < -0.39 is 5.41 Å². The van der Waals surface area contributed by atoms with Crippen LogP contribution in [-0.2, 0) is 16.6 Å². The van der Waals surface area contributed by atoms with Gasteiger partial charge in [-0.05, 0) is 56.5 Å². The van der Waals surface area contributed by atoms with Crippen LogP contribution in [-0.4, -0.2) is 31.5 Å². The molecule has 2 aliphatic rings. The average Bonchev–Trinajstić information content (AvgIpc) is 3.39. The van der Waals surface area contributed by atoms with Crippen LogP contribution < -0.4 is 15.5 Å². The van der Waals surface area contributed by atoms with Gasteiger partial charge in [0.05, 0.1) is 5.41 Å². The van der Waals surface area contributed by atoms with Gasteiger partial charge in [-0.1, -0.05) is 24.3 Å². The number of nitrogens with zero attached hydrogens (tertiary/aromatic N) is 5. The minimum Gasteiger partial charge on any atom is -0.325 e. The molecule has 0 saturated heterocycles. The second kappa shape index (κ2) is 6.53. The molecule has 2 aromatic carbocycles. The first kappa shape index (κ1) is 18.8. The summed E-state index contributed by atoms with van der Waals surface area (Å²) in [6.07, 6.45) is 4.52. The maximum atomic E-state index is 12.2. The molecule has 6 rings (SSSR count). The lowest BCUT2D eigenvalue weighted by atomic mass is 9.86. The predicted molar refractivity (Wildman–Crippen MR) is 124 cm³/mol. The fraction of sp³-hybridized carbons (Fsp3) is 0.250. The largest absolute Gasteiger partial charge is 0.325 e. The molecule has 0 radical (unpaired) electrons. The van der Waals surface area contributed by atoms with Gasteiger partial charge in [0.25, 0.3) is 0 Å². The topological polar surface area (TPSA) is 87.5 Å². The van der Waals surface area contributed by atoms with E-state index in [2.05, 4.69) is 56.8 Å².